The molecule has 238 valence electrons. The number of ketones is 1. The number of Topliss-reactive ketones (excluding diaryl/α,β-unsaturated/α-hetero) is 1. The van der Waals surface area contributed by atoms with Gasteiger partial charge in [-0.1, -0.05) is 46.8 Å². The quantitative estimate of drug-likeness (QED) is 0.202. The first-order chi connectivity index (χ1) is 19.8. The molecule has 1 amide bonds. The molecule has 0 aromatic carbocycles. The first-order valence-corrected chi connectivity index (χ1v) is 17.4. The number of nitrogens with one attached hydrogen (secondary N) is 3. The molecule has 0 saturated heterocycles. The van der Waals surface area contributed by atoms with Crippen molar-refractivity contribution in [2.24, 2.45) is 62.4 Å². The van der Waals surface area contributed by atoms with Crippen LogP contribution in [0.3, 0.4) is 0 Å². The van der Waals surface area contributed by atoms with Gasteiger partial charge in [-0.2, -0.15) is 0 Å². The van der Waals surface area contributed by atoms with Gasteiger partial charge in [-0.05, 0) is 111 Å². The molecule has 0 aromatic heterocycles. The van der Waals surface area contributed by atoms with E-state index in [1.54, 1.807) is 0 Å². The Morgan fingerprint density at radius 2 is 1.52 bits per heavy atom. The molecule has 42 heavy (non-hydrogen) atoms. The molecule has 5 rings (SSSR count). The highest BCUT2D eigenvalue weighted by Crippen LogP contribution is 2.77. The molecule has 0 radical (unpaired) electrons. The van der Waals surface area contributed by atoms with Crippen molar-refractivity contribution in [2.75, 3.05) is 39.3 Å². The summed E-state index contributed by atoms with van der Waals surface area (Å²) >= 11 is 0. The number of carbonyl (C=O) groups excluding carboxylic acids is 2. The zero-order valence-corrected chi connectivity index (χ0v) is 27.8. The molecule has 0 unspecified atom stereocenters. The number of amides is 1. The third kappa shape index (κ3) is 4.76. The Balaban J connectivity index is 1.36. The lowest BCUT2D eigenvalue weighted by atomic mass is 9.32. The summed E-state index contributed by atoms with van der Waals surface area (Å²) in [7, 11) is 0. The van der Waals surface area contributed by atoms with Crippen LogP contribution in [0.4, 0.5) is 0 Å². The van der Waals surface area contributed by atoms with Crippen LogP contribution in [-0.4, -0.2) is 51.0 Å². The number of rotatable bonds is 10. The number of fused-ring (bicyclic) bond motifs is 7. The Kier molecular flexibility index (Phi) is 8.88. The third-order valence-corrected chi connectivity index (χ3v) is 14.7. The number of hydrogen-bond donors (Lipinski definition) is 4. The van der Waals surface area contributed by atoms with Crippen molar-refractivity contribution in [1.82, 2.24) is 16.0 Å². The number of carbonyl (C=O) groups is 2. The van der Waals surface area contributed by atoms with Crippen LogP contribution in [0.1, 0.15) is 106 Å². The fraction of sp³-hybridized carbons (Fsp3) is 0.889. The lowest BCUT2D eigenvalue weighted by molar-refractivity contribution is -0.233. The lowest BCUT2D eigenvalue weighted by Crippen LogP contribution is -2.67. The van der Waals surface area contributed by atoms with Gasteiger partial charge in [-0.15, -0.1) is 0 Å². The maximum atomic E-state index is 14.2. The van der Waals surface area contributed by atoms with Gasteiger partial charge in [0, 0.05) is 51.1 Å². The molecule has 6 nitrogen and oxygen atoms in total. The minimum Gasteiger partial charge on any atom is -0.354 e. The Morgan fingerprint density at radius 3 is 2.21 bits per heavy atom. The van der Waals surface area contributed by atoms with Gasteiger partial charge in [-0.25, -0.2) is 0 Å². The average molecular weight is 583 g/mol. The Labute approximate surface area is 256 Å². The lowest BCUT2D eigenvalue weighted by Gasteiger charge is -2.72. The average Bonchev–Trinajstić information content (AvgIpc) is 3.34. The highest BCUT2D eigenvalue weighted by Gasteiger charge is 2.71. The second-order valence-electron chi connectivity index (χ2n) is 16.5. The highest BCUT2D eigenvalue weighted by atomic mass is 16.2. The van der Waals surface area contributed by atoms with E-state index in [2.05, 4.69) is 64.1 Å². The normalized spacial score (nSPS) is 44.0. The van der Waals surface area contributed by atoms with Crippen LogP contribution in [0.25, 0.3) is 0 Å². The van der Waals surface area contributed by atoms with Crippen molar-refractivity contribution in [3.05, 3.63) is 12.2 Å². The van der Waals surface area contributed by atoms with E-state index < -0.39 is 0 Å². The SMILES string of the molecule is C=C(C)[C@@H]1CC[C@]2(C(=O)NCCNCCNCCN)CC[C@]3(C)[C@H](CC[C@@H]4[C@@]5(C)CCC(=O)C(C)(C)[C@@H]5CC[C@]43C)[C@@H]12. The summed E-state index contributed by atoms with van der Waals surface area (Å²) in [6.45, 7) is 23.8. The van der Waals surface area contributed by atoms with Crippen LogP contribution >= 0.6 is 0 Å². The minimum atomic E-state index is -0.264. The maximum absolute atomic E-state index is 14.2. The van der Waals surface area contributed by atoms with Crippen molar-refractivity contribution in [2.45, 2.75) is 106 Å². The second-order valence-corrected chi connectivity index (χ2v) is 16.5. The summed E-state index contributed by atoms with van der Waals surface area (Å²) in [4.78, 5) is 27.3. The highest BCUT2D eigenvalue weighted by molar-refractivity contribution is 5.85. The summed E-state index contributed by atoms with van der Waals surface area (Å²) < 4.78 is 0. The van der Waals surface area contributed by atoms with Crippen LogP contribution in [-0.2, 0) is 9.59 Å². The van der Waals surface area contributed by atoms with Gasteiger partial charge in [0.2, 0.25) is 5.91 Å². The van der Waals surface area contributed by atoms with Gasteiger partial charge in [-0.3, -0.25) is 9.59 Å². The number of nitrogens with two attached hydrogens (primary N) is 1. The molecule has 5 aliphatic carbocycles. The van der Waals surface area contributed by atoms with Crippen molar-refractivity contribution in [1.29, 1.82) is 0 Å². The minimum absolute atomic E-state index is 0.208. The van der Waals surface area contributed by atoms with Crippen LogP contribution in [0.2, 0.25) is 0 Å². The van der Waals surface area contributed by atoms with E-state index in [1.807, 2.05) is 0 Å². The van der Waals surface area contributed by atoms with E-state index in [-0.39, 0.29) is 27.1 Å². The van der Waals surface area contributed by atoms with Crippen LogP contribution in [0.5, 0.6) is 0 Å². The molecule has 9 atom stereocenters. The fourth-order valence-corrected chi connectivity index (χ4v) is 12.3. The molecule has 0 aromatic rings. The van der Waals surface area contributed by atoms with Crippen molar-refractivity contribution >= 4 is 11.7 Å². The van der Waals surface area contributed by atoms with Gasteiger partial charge in [0.05, 0.1) is 5.41 Å². The summed E-state index contributed by atoms with van der Waals surface area (Å²) in [5.41, 5.74) is 7.03. The van der Waals surface area contributed by atoms with E-state index >= 15 is 0 Å². The molecule has 0 bridgehead atoms. The van der Waals surface area contributed by atoms with Gasteiger partial charge in [0.1, 0.15) is 5.78 Å². The van der Waals surface area contributed by atoms with Crippen molar-refractivity contribution in [3.63, 3.8) is 0 Å². The predicted octanol–water partition coefficient (Wildman–Crippen LogP) is 5.47. The van der Waals surface area contributed by atoms with E-state index in [0.717, 1.165) is 64.7 Å². The van der Waals surface area contributed by atoms with Gasteiger partial charge in [0.15, 0.2) is 0 Å². The first kappa shape index (κ1) is 32.2. The molecule has 0 heterocycles. The van der Waals surface area contributed by atoms with Gasteiger partial charge < -0.3 is 21.7 Å². The zero-order valence-electron chi connectivity index (χ0n) is 27.8. The first-order valence-electron chi connectivity index (χ1n) is 17.4. The summed E-state index contributed by atoms with van der Waals surface area (Å²) in [6.07, 6.45) is 10.9. The van der Waals surface area contributed by atoms with E-state index in [0.29, 0.717) is 54.4 Å². The molecular weight excluding hydrogens is 520 g/mol. The molecule has 5 saturated carbocycles. The Morgan fingerprint density at radius 1 is 0.833 bits per heavy atom. The predicted molar refractivity (Wildman–Crippen MR) is 172 cm³/mol. The summed E-state index contributed by atoms with van der Waals surface area (Å²) in [5.74, 6) is 3.28. The summed E-state index contributed by atoms with van der Waals surface area (Å²) in [6, 6.07) is 0. The van der Waals surface area contributed by atoms with Crippen LogP contribution in [0, 0.1) is 56.7 Å². The van der Waals surface area contributed by atoms with Crippen LogP contribution < -0.4 is 21.7 Å². The van der Waals surface area contributed by atoms with E-state index in [9.17, 15) is 9.59 Å². The van der Waals surface area contributed by atoms with E-state index in [1.165, 1.54) is 31.3 Å². The molecular formula is C36H62N4O2. The summed E-state index contributed by atoms with van der Waals surface area (Å²) in [5, 5.41) is 10.2. The molecule has 5 aliphatic rings. The van der Waals surface area contributed by atoms with Gasteiger partial charge in [0.25, 0.3) is 0 Å². The van der Waals surface area contributed by atoms with Crippen molar-refractivity contribution < 1.29 is 9.59 Å². The maximum Gasteiger partial charge on any atom is 0.226 e. The number of hydrogen-bond acceptors (Lipinski definition) is 5. The topological polar surface area (TPSA) is 96.2 Å². The Hall–Kier alpha value is -1.24. The van der Waals surface area contributed by atoms with E-state index in [4.69, 9.17) is 5.73 Å². The largest absolute Gasteiger partial charge is 0.354 e. The van der Waals surface area contributed by atoms with Crippen molar-refractivity contribution in [3.8, 4) is 0 Å². The molecule has 5 fully saturated rings. The second kappa shape index (κ2) is 11.6. The monoisotopic (exact) mass is 582 g/mol. The smallest absolute Gasteiger partial charge is 0.226 e. The number of allylic oxidation sites excluding steroid dienone is 1. The standard InChI is InChI=1S/C36H62N4O2/c1-24(2)25-10-15-36(31(42)40-23-22-39-21-20-38-19-18-37)17-16-34(6)26(30(25)36)8-9-28-33(5)13-12-29(41)32(3,4)27(33)11-14-35(28,34)7/h25-28,30,38-39H,1,8-23,37H2,2-7H3,(H,40,42)/t25-,26+,27-,28+,30+,33-,34+,35+,36-/m0/s1. The van der Waals surface area contributed by atoms with Gasteiger partial charge >= 0.3 is 0 Å². The fourth-order valence-electron chi connectivity index (χ4n) is 12.3. The third-order valence-electron chi connectivity index (χ3n) is 14.7. The zero-order chi connectivity index (χ0) is 30.6. The Bertz CT molecular complexity index is 1060. The molecule has 6 heteroatoms. The molecule has 5 N–H and O–H groups in total. The van der Waals surface area contributed by atoms with Crippen LogP contribution in [0.15, 0.2) is 12.2 Å². The molecule has 0 aliphatic heterocycles. The molecule has 0 spiro atoms.